The fourth-order valence-corrected chi connectivity index (χ4v) is 3.80. The van der Waals surface area contributed by atoms with Gasteiger partial charge in [-0.15, -0.1) is 0 Å². The minimum atomic E-state index is -0.520. The van der Waals surface area contributed by atoms with Gasteiger partial charge in [-0.05, 0) is 32.0 Å². The molecule has 2 aromatic heterocycles. The summed E-state index contributed by atoms with van der Waals surface area (Å²) in [7, 11) is 0. The molecular formula is C19H18Cl2FN5O. The molecule has 146 valence electrons. The van der Waals surface area contributed by atoms with Crippen molar-refractivity contribution in [3.8, 4) is 5.82 Å². The van der Waals surface area contributed by atoms with Crippen LogP contribution in [0.3, 0.4) is 0 Å². The van der Waals surface area contributed by atoms with Crippen LogP contribution in [0.4, 0.5) is 10.2 Å². The van der Waals surface area contributed by atoms with Crippen LogP contribution in [0.5, 0.6) is 0 Å². The first-order chi connectivity index (χ1) is 13.4. The number of aromatic nitrogens is 4. The molecule has 28 heavy (non-hydrogen) atoms. The van der Waals surface area contributed by atoms with E-state index in [9.17, 15) is 4.39 Å². The van der Waals surface area contributed by atoms with Crippen molar-refractivity contribution in [3.63, 3.8) is 0 Å². The number of anilines is 1. The largest absolute Gasteiger partial charge is 0.370 e. The Bertz CT molecular complexity index is 1030. The standard InChI is InChI=1S/C19H18Cl2FN5O/c1-11-5-12(2)27(25-11)19-9-23-8-18(24-19)26-3-4-28-17(10-26)13-6-16(22)15(21)7-14(13)20/h5-9,17H,3-4,10H2,1-2H3. The summed E-state index contributed by atoms with van der Waals surface area (Å²) >= 11 is 12.1. The van der Waals surface area contributed by atoms with Gasteiger partial charge in [-0.2, -0.15) is 5.10 Å². The Kier molecular flexibility index (Phi) is 5.23. The quantitative estimate of drug-likeness (QED) is 0.589. The molecule has 4 rings (SSSR count). The second-order valence-electron chi connectivity index (χ2n) is 6.67. The van der Waals surface area contributed by atoms with Crippen LogP contribution in [0.2, 0.25) is 10.0 Å². The van der Waals surface area contributed by atoms with Crippen molar-refractivity contribution in [2.45, 2.75) is 20.0 Å². The fraction of sp³-hybridized carbons (Fsp3) is 0.316. The maximum atomic E-state index is 13.9. The van der Waals surface area contributed by atoms with Gasteiger partial charge >= 0.3 is 0 Å². The molecule has 1 saturated heterocycles. The van der Waals surface area contributed by atoms with Crippen LogP contribution in [-0.4, -0.2) is 39.4 Å². The number of morpholine rings is 1. The predicted molar refractivity (Wildman–Crippen MR) is 106 cm³/mol. The molecule has 1 aliphatic rings. The Morgan fingerprint density at radius 3 is 2.64 bits per heavy atom. The number of benzene rings is 1. The molecule has 0 aliphatic carbocycles. The van der Waals surface area contributed by atoms with E-state index >= 15 is 0 Å². The van der Waals surface area contributed by atoms with Crippen molar-refractivity contribution in [2.75, 3.05) is 24.6 Å². The second-order valence-corrected chi connectivity index (χ2v) is 7.48. The summed E-state index contributed by atoms with van der Waals surface area (Å²) in [5, 5.41) is 4.82. The SMILES string of the molecule is Cc1cc(C)n(-c2cncc(N3CCOC(c4cc(F)c(Cl)cc4Cl)C3)n2)n1. The first-order valence-electron chi connectivity index (χ1n) is 8.79. The van der Waals surface area contributed by atoms with Gasteiger partial charge in [0.05, 0.1) is 29.7 Å². The topological polar surface area (TPSA) is 56.1 Å². The van der Waals surface area contributed by atoms with Crippen LogP contribution >= 0.6 is 23.2 Å². The Hall–Kier alpha value is -2.22. The van der Waals surface area contributed by atoms with Crippen LogP contribution in [0.1, 0.15) is 23.1 Å². The van der Waals surface area contributed by atoms with Crippen molar-refractivity contribution < 1.29 is 9.13 Å². The minimum Gasteiger partial charge on any atom is -0.370 e. The van der Waals surface area contributed by atoms with Crippen molar-refractivity contribution in [2.24, 2.45) is 0 Å². The Balaban J connectivity index is 1.61. The highest BCUT2D eigenvalue weighted by molar-refractivity contribution is 6.35. The van der Waals surface area contributed by atoms with E-state index in [0.29, 0.717) is 41.9 Å². The van der Waals surface area contributed by atoms with Gasteiger partial charge < -0.3 is 9.64 Å². The third kappa shape index (κ3) is 3.70. The smallest absolute Gasteiger partial charge is 0.174 e. The van der Waals surface area contributed by atoms with Crippen molar-refractivity contribution in [1.29, 1.82) is 0 Å². The van der Waals surface area contributed by atoms with Gasteiger partial charge in [0, 0.05) is 29.4 Å². The van der Waals surface area contributed by atoms with E-state index in [2.05, 4.69) is 10.1 Å². The molecule has 0 spiro atoms. The normalized spacial score (nSPS) is 17.2. The molecule has 0 N–H and O–H groups in total. The molecule has 3 heterocycles. The lowest BCUT2D eigenvalue weighted by Gasteiger charge is -2.34. The summed E-state index contributed by atoms with van der Waals surface area (Å²) in [6, 6.07) is 4.71. The zero-order chi connectivity index (χ0) is 19.8. The van der Waals surface area contributed by atoms with E-state index in [-0.39, 0.29) is 5.02 Å². The first-order valence-corrected chi connectivity index (χ1v) is 9.54. The molecule has 1 fully saturated rings. The number of aryl methyl sites for hydroxylation is 2. The Morgan fingerprint density at radius 1 is 1.11 bits per heavy atom. The summed E-state index contributed by atoms with van der Waals surface area (Å²) in [4.78, 5) is 11.1. The third-order valence-electron chi connectivity index (χ3n) is 4.61. The maximum Gasteiger partial charge on any atom is 0.174 e. The van der Waals surface area contributed by atoms with Gasteiger partial charge in [0.2, 0.25) is 0 Å². The molecule has 1 unspecified atom stereocenters. The van der Waals surface area contributed by atoms with Crippen LogP contribution in [0.25, 0.3) is 5.82 Å². The summed E-state index contributed by atoms with van der Waals surface area (Å²) in [6.45, 7) is 5.46. The summed E-state index contributed by atoms with van der Waals surface area (Å²) < 4.78 is 21.5. The van der Waals surface area contributed by atoms with Gasteiger partial charge in [-0.25, -0.2) is 14.1 Å². The zero-order valence-corrected chi connectivity index (χ0v) is 16.9. The molecule has 0 amide bonds. The van der Waals surface area contributed by atoms with E-state index in [1.807, 2.05) is 24.8 Å². The van der Waals surface area contributed by atoms with Gasteiger partial charge in [0.25, 0.3) is 0 Å². The number of halogens is 3. The van der Waals surface area contributed by atoms with Gasteiger partial charge in [0.1, 0.15) is 17.7 Å². The third-order valence-corrected chi connectivity index (χ3v) is 5.23. The first kappa shape index (κ1) is 19.1. The minimum absolute atomic E-state index is 0.00938. The predicted octanol–water partition coefficient (Wildman–Crippen LogP) is 4.30. The molecule has 1 aromatic carbocycles. The molecule has 1 atom stereocenters. The van der Waals surface area contributed by atoms with Gasteiger partial charge in [0.15, 0.2) is 5.82 Å². The van der Waals surface area contributed by atoms with Crippen molar-refractivity contribution in [1.82, 2.24) is 19.7 Å². The molecule has 9 heteroatoms. The lowest BCUT2D eigenvalue weighted by Crippen LogP contribution is -2.39. The number of ether oxygens (including phenoxy) is 1. The monoisotopic (exact) mass is 421 g/mol. The highest BCUT2D eigenvalue weighted by Crippen LogP contribution is 2.33. The molecule has 0 bridgehead atoms. The van der Waals surface area contributed by atoms with Gasteiger partial charge in [-0.3, -0.25) is 4.98 Å². The van der Waals surface area contributed by atoms with E-state index in [0.717, 1.165) is 11.4 Å². The highest BCUT2D eigenvalue weighted by Gasteiger charge is 2.26. The Labute approximate surface area is 171 Å². The number of hydrogen-bond donors (Lipinski definition) is 0. The molecule has 0 radical (unpaired) electrons. The van der Waals surface area contributed by atoms with E-state index < -0.39 is 11.9 Å². The van der Waals surface area contributed by atoms with Crippen LogP contribution in [0.15, 0.2) is 30.6 Å². The summed E-state index contributed by atoms with van der Waals surface area (Å²) in [6.07, 6.45) is 2.97. The van der Waals surface area contributed by atoms with E-state index in [1.165, 1.54) is 12.1 Å². The van der Waals surface area contributed by atoms with E-state index in [1.54, 1.807) is 17.1 Å². The summed E-state index contributed by atoms with van der Waals surface area (Å²) in [5.41, 5.74) is 2.46. The van der Waals surface area contributed by atoms with E-state index in [4.69, 9.17) is 32.9 Å². The average molecular weight is 422 g/mol. The van der Waals surface area contributed by atoms with Gasteiger partial charge in [-0.1, -0.05) is 23.2 Å². The summed E-state index contributed by atoms with van der Waals surface area (Å²) in [5.74, 6) is 0.818. The highest BCUT2D eigenvalue weighted by atomic mass is 35.5. The van der Waals surface area contributed by atoms with Crippen molar-refractivity contribution in [3.05, 3.63) is 63.4 Å². The number of rotatable bonds is 3. The fourth-order valence-electron chi connectivity index (χ4n) is 3.29. The number of nitrogens with zero attached hydrogens (tertiary/aromatic N) is 5. The lowest BCUT2D eigenvalue weighted by atomic mass is 10.1. The second kappa shape index (κ2) is 7.66. The van der Waals surface area contributed by atoms with Crippen molar-refractivity contribution >= 4 is 29.0 Å². The zero-order valence-electron chi connectivity index (χ0n) is 15.4. The molecule has 3 aromatic rings. The molecule has 1 aliphatic heterocycles. The van der Waals surface area contributed by atoms with Crippen LogP contribution in [0, 0.1) is 19.7 Å². The lowest BCUT2D eigenvalue weighted by molar-refractivity contribution is 0.0394. The maximum absolute atomic E-state index is 13.9. The average Bonchev–Trinajstić information content (AvgIpc) is 3.03. The molecule has 0 saturated carbocycles. The molecule has 6 nitrogen and oxygen atoms in total. The van der Waals surface area contributed by atoms with Crippen LogP contribution in [-0.2, 0) is 4.74 Å². The Morgan fingerprint density at radius 2 is 1.89 bits per heavy atom. The molecular weight excluding hydrogens is 404 g/mol. The number of hydrogen-bond acceptors (Lipinski definition) is 5. The van der Waals surface area contributed by atoms with Crippen LogP contribution < -0.4 is 4.90 Å².